The zero-order chi connectivity index (χ0) is 18.9. The zero-order valence-corrected chi connectivity index (χ0v) is 15.5. The Labute approximate surface area is 153 Å². The molecular formula is C18H25N5O3. The van der Waals surface area contributed by atoms with Gasteiger partial charge in [0, 0.05) is 12.6 Å². The van der Waals surface area contributed by atoms with Crippen molar-refractivity contribution in [3.05, 3.63) is 35.9 Å². The van der Waals surface area contributed by atoms with Crippen molar-refractivity contribution in [2.24, 2.45) is 0 Å². The predicted octanol–water partition coefficient (Wildman–Crippen LogP) is 2.68. The minimum atomic E-state index is -0.302. The van der Waals surface area contributed by atoms with Gasteiger partial charge >= 0.3 is 6.03 Å². The molecule has 0 aliphatic carbocycles. The Hall–Kier alpha value is -3.03. The van der Waals surface area contributed by atoms with Crippen LogP contribution >= 0.6 is 0 Å². The Morgan fingerprint density at radius 2 is 1.73 bits per heavy atom. The molecule has 0 radical (unpaired) electrons. The van der Waals surface area contributed by atoms with Crippen LogP contribution in [0.3, 0.4) is 0 Å². The topological polar surface area (TPSA) is 97.4 Å². The molecule has 0 atom stereocenters. The highest BCUT2D eigenvalue weighted by atomic mass is 16.5. The number of anilines is 2. The number of amides is 2. The van der Waals surface area contributed by atoms with Gasteiger partial charge in [-0.25, -0.2) is 4.79 Å². The number of hydrogen-bond donors (Lipinski definition) is 3. The number of nitrogens with one attached hydrogen (secondary N) is 3. The SMILES string of the molecule is COc1ccc(CCNc2ccc(NC(=O)NC(C)C)nn2)cc1OC. The van der Waals surface area contributed by atoms with Crippen molar-refractivity contribution < 1.29 is 14.3 Å². The van der Waals surface area contributed by atoms with E-state index in [-0.39, 0.29) is 12.1 Å². The van der Waals surface area contributed by atoms with E-state index in [0.29, 0.717) is 29.7 Å². The minimum absolute atomic E-state index is 0.0560. The molecule has 2 aromatic rings. The first-order valence-corrected chi connectivity index (χ1v) is 8.38. The fourth-order valence-corrected chi connectivity index (χ4v) is 2.28. The third-order valence-electron chi connectivity index (χ3n) is 3.49. The van der Waals surface area contributed by atoms with Crippen LogP contribution in [0.5, 0.6) is 11.5 Å². The van der Waals surface area contributed by atoms with Crippen LogP contribution in [0.4, 0.5) is 16.4 Å². The van der Waals surface area contributed by atoms with Gasteiger partial charge in [0.05, 0.1) is 14.2 Å². The molecule has 140 valence electrons. The minimum Gasteiger partial charge on any atom is -0.493 e. The van der Waals surface area contributed by atoms with Crippen LogP contribution in [0.2, 0.25) is 0 Å². The molecule has 1 aromatic carbocycles. The third-order valence-corrected chi connectivity index (χ3v) is 3.49. The molecule has 0 unspecified atom stereocenters. The Bertz CT molecular complexity index is 719. The van der Waals surface area contributed by atoms with Crippen LogP contribution in [0.1, 0.15) is 19.4 Å². The summed E-state index contributed by atoms with van der Waals surface area (Å²) < 4.78 is 10.5. The van der Waals surface area contributed by atoms with Crippen LogP contribution < -0.4 is 25.4 Å². The van der Waals surface area contributed by atoms with Gasteiger partial charge in [-0.15, -0.1) is 10.2 Å². The lowest BCUT2D eigenvalue weighted by atomic mass is 10.1. The average Bonchev–Trinajstić information content (AvgIpc) is 2.62. The molecule has 0 aliphatic rings. The van der Waals surface area contributed by atoms with Gasteiger partial charge in [0.1, 0.15) is 5.82 Å². The molecular weight excluding hydrogens is 334 g/mol. The summed E-state index contributed by atoms with van der Waals surface area (Å²) >= 11 is 0. The molecule has 3 N–H and O–H groups in total. The van der Waals surface area contributed by atoms with Crippen LogP contribution in [0.15, 0.2) is 30.3 Å². The van der Waals surface area contributed by atoms with E-state index < -0.39 is 0 Å². The number of benzene rings is 1. The normalized spacial score (nSPS) is 10.3. The summed E-state index contributed by atoms with van der Waals surface area (Å²) in [5.74, 6) is 2.45. The third kappa shape index (κ3) is 5.80. The number of ether oxygens (including phenoxy) is 2. The fraction of sp³-hybridized carbons (Fsp3) is 0.389. The van der Waals surface area contributed by atoms with E-state index in [9.17, 15) is 4.79 Å². The highest BCUT2D eigenvalue weighted by molar-refractivity contribution is 5.88. The Morgan fingerprint density at radius 1 is 1.04 bits per heavy atom. The lowest BCUT2D eigenvalue weighted by Crippen LogP contribution is -2.34. The highest BCUT2D eigenvalue weighted by Crippen LogP contribution is 2.27. The zero-order valence-electron chi connectivity index (χ0n) is 15.5. The van der Waals surface area contributed by atoms with Crippen LogP contribution in [0, 0.1) is 0 Å². The van der Waals surface area contributed by atoms with Gasteiger partial charge in [-0.3, -0.25) is 5.32 Å². The molecule has 8 heteroatoms. The lowest BCUT2D eigenvalue weighted by molar-refractivity contribution is 0.250. The standard InChI is InChI=1S/C18H25N5O3/c1-12(2)20-18(24)21-17-8-7-16(22-23-17)19-10-9-13-5-6-14(25-3)15(11-13)26-4/h5-8,11-12H,9-10H2,1-4H3,(H,19,22)(H2,20,21,23,24). The summed E-state index contributed by atoms with van der Waals surface area (Å²) in [7, 11) is 3.23. The van der Waals surface area contributed by atoms with Crippen LogP contribution in [-0.2, 0) is 6.42 Å². The molecule has 0 aliphatic heterocycles. The first kappa shape index (κ1) is 19.3. The number of aromatic nitrogens is 2. The predicted molar refractivity (Wildman–Crippen MR) is 101 cm³/mol. The van der Waals surface area contributed by atoms with E-state index >= 15 is 0 Å². The van der Waals surface area contributed by atoms with E-state index in [2.05, 4.69) is 26.1 Å². The number of hydrogen-bond acceptors (Lipinski definition) is 6. The maximum Gasteiger partial charge on any atom is 0.320 e. The van der Waals surface area contributed by atoms with Crippen molar-refractivity contribution in [2.45, 2.75) is 26.3 Å². The molecule has 0 fully saturated rings. The van der Waals surface area contributed by atoms with E-state index in [1.165, 1.54) is 0 Å². The monoisotopic (exact) mass is 359 g/mol. The van der Waals surface area contributed by atoms with Crippen LogP contribution in [0.25, 0.3) is 0 Å². The van der Waals surface area contributed by atoms with Crippen LogP contribution in [-0.4, -0.2) is 43.0 Å². The Balaban J connectivity index is 1.83. The molecule has 8 nitrogen and oxygen atoms in total. The maximum atomic E-state index is 11.6. The van der Waals surface area contributed by atoms with Crippen molar-refractivity contribution >= 4 is 17.7 Å². The largest absolute Gasteiger partial charge is 0.493 e. The van der Waals surface area contributed by atoms with Gasteiger partial charge in [-0.2, -0.15) is 0 Å². The summed E-state index contributed by atoms with van der Waals surface area (Å²) in [5.41, 5.74) is 1.12. The number of methoxy groups -OCH3 is 2. The number of carbonyl (C=O) groups is 1. The van der Waals surface area contributed by atoms with Crippen molar-refractivity contribution in [2.75, 3.05) is 31.4 Å². The van der Waals surface area contributed by atoms with Crippen molar-refractivity contribution in [3.63, 3.8) is 0 Å². The first-order valence-electron chi connectivity index (χ1n) is 8.38. The molecule has 1 aromatic heterocycles. The van der Waals surface area contributed by atoms with E-state index in [4.69, 9.17) is 9.47 Å². The van der Waals surface area contributed by atoms with Gasteiger partial charge < -0.3 is 20.1 Å². The molecule has 0 saturated heterocycles. The number of nitrogens with zero attached hydrogens (tertiary/aromatic N) is 2. The smallest absolute Gasteiger partial charge is 0.320 e. The lowest BCUT2D eigenvalue weighted by Gasteiger charge is -2.11. The first-order chi connectivity index (χ1) is 12.5. The Kier molecular flexibility index (Phi) is 7.02. The molecule has 2 rings (SSSR count). The molecule has 2 amide bonds. The van der Waals surface area contributed by atoms with Gasteiger partial charge in [0.15, 0.2) is 17.3 Å². The number of rotatable bonds is 8. The second kappa shape index (κ2) is 9.45. The van der Waals surface area contributed by atoms with Crippen molar-refractivity contribution in [1.82, 2.24) is 15.5 Å². The second-order valence-electron chi connectivity index (χ2n) is 5.92. The van der Waals surface area contributed by atoms with Gasteiger partial charge in [0.25, 0.3) is 0 Å². The summed E-state index contributed by atoms with van der Waals surface area (Å²) in [5, 5.41) is 16.6. The second-order valence-corrected chi connectivity index (χ2v) is 5.92. The van der Waals surface area contributed by atoms with E-state index in [1.807, 2.05) is 32.0 Å². The average molecular weight is 359 g/mol. The summed E-state index contributed by atoms with van der Waals surface area (Å²) in [4.78, 5) is 11.6. The molecule has 0 spiro atoms. The quantitative estimate of drug-likeness (QED) is 0.670. The van der Waals surface area contributed by atoms with Crippen molar-refractivity contribution in [3.8, 4) is 11.5 Å². The maximum absolute atomic E-state index is 11.6. The van der Waals surface area contributed by atoms with Gasteiger partial charge in [0.2, 0.25) is 0 Å². The molecule has 0 bridgehead atoms. The molecule has 0 saturated carbocycles. The summed E-state index contributed by atoms with van der Waals surface area (Å²) in [6.45, 7) is 4.46. The van der Waals surface area contributed by atoms with Crippen molar-refractivity contribution in [1.29, 1.82) is 0 Å². The summed E-state index contributed by atoms with van der Waals surface area (Å²) in [6.07, 6.45) is 0.791. The number of urea groups is 1. The highest BCUT2D eigenvalue weighted by Gasteiger charge is 2.06. The Morgan fingerprint density at radius 3 is 2.35 bits per heavy atom. The number of carbonyl (C=O) groups excluding carboxylic acids is 1. The fourth-order valence-electron chi connectivity index (χ4n) is 2.28. The van der Waals surface area contributed by atoms with Gasteiger partial charge in [-0.1, -0.05) is 6.07 Å². The van der Waals surface area contributed by atoms with E-state index in [1.54, 1.807) is 26.4 Å². The molecule has 1 heterocycles. The molecule has 26 heavy (non-hydrogen) atoms. The summed E-state index contributed by atoms with van der Waals surface area (Å²) in [6, 6.07) is 9.06. The van der Waals surface area contributed by atoms with Gasteiger partial charge in [-0.05, 0) is 50.1 Å². The van der Waals surface area contributed by atoms with E-state index in [0.717, 1.165) is 12.0 Å².